The third-order valence-electron chi connectivity index (χ3n) is 5.64. The lowest BCUT2D eigenvalue weighted by Crippen LogP contribution is -2.57. The van der Waals surface area contributed by atoms with Crippen LogP contribution in [0.15, 0.2) is 52.1 Å². The van der Waals surface area contributed by atoms with Crippen molar-refractivity contribution in [3.05, 3.63) is 63.5 Å². The van der Waals surface area contributed by atoms with E-state index in [0.29, 0.717) is 29.7 Å². The van der Waals surface area contributed by atoms with Gasteiger partial charge in [-0.2, -0.15) is 0 Å². The lowest BCUT2D eigenvalue weighted by Gasteiger charge is -2.48. The van der Waals surface area contributed by atoms with Crippen LogP contribution in [0.2, 0.25) is 0 Å². The van der Waals surface area contributed by atoms with Crippen molar-refractivity contribution < 1.29 is 4.74 Å². The molecule has 0 unspecified atom stereocenters. The van der Waals surface area contributed by atoms with Gasteiger partial charge in [0.15, 0.2) is 0 Å². The van der Waals surface area contributed by atoms with Crippen molar-refractivity contribution in [1.82, 2.24) is 13.9 Å². The van der Waals surface area contributed by atoms with Gasteiger partial charge in [0.25, 0.3) is 0 Å². The van der Waals surface area contributed by atoms with Gasteiger partial charge in [0, 0.05) is 11.8 Å². The van der Waals surface area contributed by atoms with E-state index in [1.807, 2.05) is 18.2 Å². The van der Waals surface area contributed by atoms with Gasteiger partial charge in [0.05, 0.1) is 30.0 Å². The molecule has 0 N–H and O–H groups in total. The summed E-state index contributed by atoms with van der Waals surface area (Å²) in [6.07, 6.45) is 4.72. The molecule has 110 valence electrons. The molecule has 6 heteroatoms. The van der Waals surface area contributed by atoms with Crippen LogP contribution in [0, 0.1) is 11.8 Å². The van der Waals surface area contributed by atoms with Crippen LogP contribution in [-0.2, 0) is 4.74 Å². The summed E-state index contributed by atoms with van der Waals surface area (Å²) in [7, 11) is 0. The van der Waals surface area contributed by atoms with Gasteiger partial charge >= 0.3 is 11.4 Å². The van der Waals surface area contributed by atoms with E-state index < -0.39 is 0 Å². The quantitative estimate of drug-likeness (QED) is 0.568. The van der Waals surface area contributed by atoms with E-state index in [1.165, 1.54) is 4.57 Å². The number of fused-ring (bicyclic) bond motifs is 1. The average Bonchev–Trinajstić information content (AvgIpc) is 3.17. The van der Waals surface area contributed by atoms with Crippen molar-refractivity contribution in [3.8, 4) is 5.69 Å². The molecular weight excluding hydrogens is 282 g/mol. The van der Waals surface area contributed by atoms with Gasteiger partial charge in [0.2, 0.25) is 0 Å². The van der Waals surface area contributed by atoms with Crippen LogP contribution in [0.3, 0.4) is 0 Å². The Bertz CT molecular complexity index is 896. The number of rotatable bonds is 1. The molecule has 6 atom stereocenters. The van der Waals surface area contributed by atoms with Gasteiger partial charge in [-0.1, -0.05) is 30.4 Å². The number of epoxide rings is 1. The Morgan fingerprint density at radius 3 is 1.91 bits per heavy atom. The standard InChI is InChI=1S/C16H13N3O3/c20-15-17(8-4-2-1-3-5-8)16(21)19-10-7-6-9(18(15)19)11-12(10)14-13(11)22-14/h1-7,9-14H/t9-,10-,11-,12+,13-,14-/m0/s1. The van der Waals surface area contributed by atoms with Gasteiger partial charge < -0.3 is 4.74 Å². The Kier molecular flexibility index (Phi) is 1.72. The van der Waals surface area contributed by atoms with Crippen molar-refractivity contribution in [3.63, 3.8) is 0 Å². The summed E-state index contributed by atoms with van der Waals surface area (Å²) in [5.41, 5.74) is 0.122. The highest BCUT2D eigenvalue weighted by atomic mass is 16.6. The molecule has 5 aliphatic rings. The zero-order chi connectivity index (χ0) is 14.6. The molecule has 22 heavy (non-hydrogen) atoms. The maximum atomic E-state index is 12.9. The molecule has 1 aromatic carbocycles. The molecule has 7 rings (SSSR count). The number of allylic oxidation sites excluding steroid dienone is 2. The zero-order valence-corrected chi connectivity index (χ0v) is 11.6. The molecule has 0 amide bonds. The van der Waals surface area contributed by atoms with Crippen LogP contribution < -0.4 is 11.4 Å². The summed E-state index contributed by atoms with van der Waals surface area (Å²) >= 11 is 0. The number of hydrogen-bond donors (Lipinski definition) is 0. The van der Waals surface area contributed by atoms with Crippen LogP contribution >= 0.6 is 0 Å². The summed E-state index contributed by atoms with van der Waals surface area (Å²) < 4.78 is 10.2. The van der Waals surface area contributed by atoms with Crippen molar-refractivity contribution in [2.24, 2.45) is 11.8 Å². The predicted molar refractivity (Wildman–Crippen MR) is 77.1 cm³/mol. The highest BCUT2D eigenvalue weighted by Gasteiger charge is 2.71. The van der Waals surface area contributed by atoms with Crippen LogP contribution in [0.4, 0.5) is 0 Å². The van der Waals surface area contributed by atoms with E-state index in [0.717, 1.165) is 0 Å². The molecule has 2 bridgehead atoms. The largest absolute Gasteiger partial charge is 0.369 e. The van der Waals surface area contributed by atoms with E-state index in [1.54, 1.807) is 21.5 Å². The highest BCUT2D eigenvalue weighted by molar-refractivity contribution is 5.32. The number of ether oxygens (including phenoxy) is 1. The number of benzene rings is 1. The fourth-order valence-electron chi connectivity index (χ4n) is 4.68. The van der Waals surface area contributed by atoms with Crippen LogP contribution in [0.25, 0.3) is 5.69 Å². The van der Waals surface area contributed by atoms with Gasteiger partial charge in [-0.05, 0) is 12.1 Å². The lowest BCUT2D eigenvalue weighted by atomic mass is 9.62. The number of para-hydroxylation sites is 1. The lowest BCUT2D eigenvalue weighted by molar-refractivity contribution is 0.0509. The van der Waals surface area contributed by atoms with E-state index in [9.17, 15) is 9.59 Å². The normalized spacial score (nSPS) is 38.9. The first-order chi connectivity index (χ1) is 10.8. The summed E-state index contributed by atoms with van der Waals surface area (Å²) in [5.74, 6) is 0.701. The molecule has 1 saturated heterocycles. The Labute approximate surface area is 124 Å². The first-order valence-corrected chi connectivity index (χ1v) is 7.62. The van der Waals surface area contributed by atoms with Crippen LogP contribution in [0.1, 0.15) is 12.1 Å². The highest BCUT2D eigenvalue weighted by Crippen LogP contribution is 2.63. The number of nitrogens with zero attached hydrogens (tertiary/aromatic N) is 3. The molecular formula is C16H13N3O3. The van der Waals surface area contributed by atoms with Crippen LogP contribution in [-0.4, -0.2) is 26.1 Å². The van der Waals surface area contributed by atoms with Gasteiger partial charge in [-0.15, -0.1) is 0 Å². The predicted octanol–water partition coefficient (Wildman–Crippen LogP) is 0.480. The number of aromatic nitrogens is 3. The second kappa shape index (κ2) is 3.35. The van der Waals surface area contributed by atoms with Crippen molar-refractivity contribution in [2.45, 2.75) is 24.3 Å². The summed E-state index contributed by atoms with van der Waals surface area (Å²) in [4.78, 5) is 25.7. The fraction of sp³-hybridized carbons (Fsp3) is 0.375. The zero-order valence-electron chi connectivity index (χ0n) is 11.6. The molecule has 4 heterocycles. The first-order valence-electron chi connectivity index (χ1n) is 7.62. The Morgan fingerprint density at radius 1 is 0.818 bits per heavy atom. The maximum absolute atomic E-state index is 12.9. The minimum absolute atomic E-state index is 0.0519. The molecule has 1 saturated carbocycles. The monoisotopic (exact) mass is 295 g/mol. The second-order valence-corrected chi connectivity index (χ2v) is 6.51. The molecule has 6 nitrogen and oxygen atoms in total. The van der Waals surface area contributed by atoms with Crippen molar-refractivity contribution in [1.29, 1.82) is 0 Å². The average molecular weight is 295 g/mol. The summed E-state index contributed by atoms with van der Waals surface area (Å²) in [6, 6.07) is 9.02. The Hall–Kier alpha value is -2.34. The second-order valence-electron chi connectivity index (χ2n) is 6.51. The van der Waals surface area contributed by atoms with Crippen molar-refractivity contribution >= 4 is 0 Å². The Morgan fingerprint density at radius 2 is 1.36 bits per heavy atom. The summed E-state index contributed by atoms with van der Waals surface area (Å²) in [5, 5.41) is 0. The van der Waals surface area contributed by atoms with Crippen LogP contribution in [0.5, 0.6) is 0 Å². The topological polar surface area (TPSA) is 61.5 Å². The molecule has 0 radical (unpaired) electrons. The van der Waals surface area contributed by atoms with E-state index in [4.69, 9.17) is 4.74 Å². The summed E-state index contributed by atoms with van der Waals surface area (Å²) in [6.45, 7) is 0. The fourth-order valence-corrected chi connectivity index (χ4v) is 4.68. The van der Waals surface area contributed by atoms with Gasteiger partial charge in [-0.3, -0.25) is 0 Å². The first kappa shape index (κ1) is 11.3. The molecule has 2 aromatic rings. The van der Waals surface area contributed by atoms with E-state index in [2.05, 4.69) is 12.2 Å². The molecule has 1 aromatic heterocycles. The number of hydrogen-bond acceptors (Lipinski definition) is 3. The van der Waals surface area contributed by atoms with E-state index >= 15 is 0 Å². The third-order valence-corrected chi connectivity index (χ3v) is 5.64. The molecule has 2 aliphatic carbocycles. The van der Waals surface area contributed by atoms with Gasteiger partial charge in [-0.25, -0.2) is 23.5 Å². The smallest absolute Gasteiger partial charge is 0.352 e. The minimum atomic E-state index is -0.252. The van der Waals surface area contributed by atoms with Gasteiger partial charge in [0.1, 0.15) is 0 Å². The SMILES string of the molecule is O=c1n(-c2ccccc2)c(=O)n2n1[C@H]1C=C[C@H]2[C@H]2[C@@H]3O[C@H]3[C@H]21. The minimum Gasteiger partial charge on any atom is -0.369 e. The molecule has 2 fully saturated rings. The van der Waals surface area contributed by atoms with E-state index in [-0.39, 0.29) is 23.5 Å². The maximum Gasteiger partial charge on any atom is 0.352 e. The molecule has 0 spiro atoms. The third kappa shape index (κ3) is 1.04. The Balaban J connectivity index is 1.65. The van der Waals surface area contributed by atoms with Crippen molar-refractivity contribution in [2.75, 3.05) is 0 Å². The molecule has 3 aliphatic heterocycles.